The Kier molecular flexibility index (Phi) is 7.82. The van der Waals surface area contributed by atoms with E-state index in [1.165, 1.54) is 35.4 Å². The molecule has 0 saturated carbocycles. The number of rotatable bonds is 8. The van der Waals surface area contributed by atoms with Gasteiger partial charge in [-0.25, -0.2) is 9.78 Å². The molecule has 0 fully saturated rings. The van der Waals surface area contributed by atoms with Crippen LogP contribution in [0, 0.1) is 11.3 Å². The molecule has 0 bridgehead atoms. The van der Waals surface area contributed by atoms with Crippen LogP contribution in [0.4, 0.5) is 30.4 Å². The molecule has 3 aromatic rings. The summed E-state index contributed by atoms with van der Waals surface area (Å²) in [6, 6.07) is 17.9. The van der Waals surface area contributed by atoms with E-state index in [0.29, 0.717) is 5.69 Å². The second-order valence-corrected chi connectivity index (χ2v) is 6.97. The molecule has 1 amide bonds. The maximum atomic E-state index is 13.0. The number of aromatic nitrogens is 1. The number of esters is 1. The number of nitrogens with zero attached hydrogens (tertiary/aromatic N) is 3. The molecule has 174 valence electrons. The third kappa shape index (κ3) is 6.32. The van der Waals surface area contributed by atoms with Crippen molar-refractivity contribution >= 4 is 29.1 Å². The summed E-state index contributed by atoms with van der Waals surface area (Å²) in [7, 11) is 0. The van der Waals surface area contributed by atoms with Crippen LogP contribution in [0.3, 0.4) is 0 Å². The van der Waals surface area contributed by atoms with Crippen LogP contribution in [0.1, 0.15) is 22.3 Å². The molecule has 0 radical (unpaired) electrons. The number of nitriles is 1. The van der Waals surface area contributed by atoms with Gasteiger partial charge in [-0.15, -0.1) is 0 Å². The van der Waals surface area contributed by atoms with E-state index < -0.39 is 30.2 Å². The van der Waals surface area contributed by atoms with Crippen molar-refractivity contribution in [1.82, 2.24) is 4.98 Å². The highest BCUT2D eigenvalue weighted by Gasteiger charge is 2.30. The topological polar surface area (TPSA) is 95.3 Å². The fraction of sp³-hybridized carbons (Fsp3) is 0.167. The van der Waals surface area contributed by atoms with Crippen molar-refractivity contribution in [3.63, 3.8) is 0 Å². The quantitative estimate of drug-likeness (QED) is 0.470. The summed E-state index contributed by atoms with van der Waals surface area (Å²) in [5.74, 6) is -1.45. The molecular formula is C24H19F3N4O3. The molecule has 0 saturated heterocycles. The van der Waals surface area contributed by atoms with Crippen LogP contribution < -0.4 is 10.2 Å². The SMILES string of the molecule is N#CCCN(C(=O)COC(=O)c1cccnc1Nc1cccc(C(F)(F)F)c1)c1ccccc1. The standard InChI is InChI=1S/C24H19F3N4O3/c25-24(26,27)17-7-4-8-18(15-17)30-22-20(11-5-13-29-22)23(33)34-16-21(32)31(14-6-12-28)19-9-2-1-3-10-19/h1-5,7-11,13,15H,6,14,16H2,(H,29,30). The van der Waals surface area contributed by atoms with Gasteiger partial charge < -0.3 is 15.0 Å². The first-order valence-electron chi connectivity index (χ1n) is 10.1. The summed E-state index contributed by atoms with van der Waals surface area (Å²) >= 11 is 0. The van der Waals surface area contributed by atoms with Crippen LogP contribution in [0.25, 0.3) is 0 Å². The number of hydrogen-bond acceptors (Lipinski definition) is 6. The normalized spacial score (nSPS) is 10.8. The van der Waals surface area contributed by atoms with Gasteiger partial charge >= 0.3 is 12.1 Å². The lowest BCUT2D eigenvalue weighted by Gasteiger charge is -2.21. The fourth-order valence-corrected chi connectivity index (χ4v) is 3.03. The van der Waals surface area contributed by atoms with Crippen molar-refractivity contribution in [2.75, 3.05) is 23.4 Å². The molecule has 0 atom stereocenters. The summed E-state index contributed by atoms with van der Waals surface area (Å²) in [6.45, 7) is -0.483. The number of alkyl halides is 3. The number of pyridine rings is 1. The van der Waals surface area contributed by atoms with Gasteiger partial charge in [0, 0.05) is 24.1 Å². The van der Waals surface area contributed by atoms with E-state index in [1.54, 1.807) is 30.3 Å². The van der Waals surface area contributed by atoms with Gasteiger partial charge in [-0.2, -0.15) is 18.4 Å². The Morgan fingerprint density at radius 2 is 1.82 bits per heavy atom. The highest BCUT2D eigenvalue weighted by molar-refractivity contribution is 5.99. The van der Waals surface area contributed by atoms with Crippen molar-refractivity contribution in [1.29, 1.82) is 5.26 Å². The number of amides is 1. The largest absolute Gasteiger partial charge is 0.452 e. The van der Waals surface area contributed by atoms with Gasteiger partial charge in [0.15, 0.2) is 6.61 Å². The van der Waals surface area contributed by atoms with E-state index in [0.717, 1.165) is 12.1 Å². The fourth-order valence-electron chi connectivity index (χ4n) is 3.03. The third-order valence-electron chi connectivity index (χ3n) is 4.62. The van der Waals surface area contributed by atoms with Crippen LogP contribution in [0.15, 0.2) is 72.9 Å². The highest BCUT2D eigenvalue weighted by atomic mass is 19.4. The average molecular weight is 468 g/mol. The Morgan fingerprint density at radius 3 is 2.53 bits per heavy atom. The van der Waals surface area contributed by atoms with E-state index >= 15 is 0 Å². The van der Waals surface area contributed by atoms with E-state index in [2.05, 4.69) is 10.3 Å². The number of benzene rings is 2. The average Bonchev–Trinajstić information content (AvgIpc) is 2.83. The van der Waals surface area contributed by atoms with Gasteiger partial charge in [-0.3, -0.25) is 4.79 Å². The molecule has 1 N–H and O–H groups in total. The molecule has 3 rings (SSSR count). The summed E-state index contributed by atoms with van der Waals surface area (Å²) in [5, 5.41) is 11.6. The van der Waals surface area contributed by atoms with Crippen molar-refractivity contribution in [3.8, 4) is 6.07 Å². The predicted octanol–water partition coefficient (Wildman–Crippen LogP) is 4.95. The van der Waals surface area contributed by atoms with Crippen LogP contribution in [0.2, 0.25) is 0 Å². The summed E-state index contributed by atoms with van der Waals surface area (Å²) < 4.78 is 44.1. The maximum Gasteiger partial charge on any atom is 0.416 e. The van der Waals surface area contributed by atoms with E-state index in [1.807, 2.05) is 6.07 Å². The van der Waals surface area contributed by atoms with Gasteiger partial charge in [-0.1, -0.05) is 24.3 Å². The van der Waals surface area contributed by atoms with Gasteiger partial charge in [-0.05, 0) is 42.5 Å². The predicted molar refractivity (Wildman–Crippen MR) is 118 cm³/mol. The number of ether oxygens (including phenoxy) is 1. The number of halogens is 3. The Morgan fingerprint density at radius 1 is 1.06 bits per heavy atom. The van der Waals surface area contributed by atoms with Crippen LogP contribution in [-0.2, 0) is 15.7 Å². The molecule has 0 aliphatic carbocycles. The van der Waals surface area contributed by atoms with E-state index in [4.69, 9.17) is 10.00 Å². The minimum Gasteiger partial charge on any atom is -0.452 e. The molecule has 34 heavy (non-hydrogen) atoms. The smallest absolute Gasteiger partial charge is 0.416 e. The summed E-state index contributed by atoms with van der Waals surface area (Å²) in [5.41, 5.74) is -0.296. The second-order valence-electron chi connectivity index (χ2n) is 6.97. The lowest BCUT2D eigenvalue weighted by Crippen LogP contribution is -2.35. The molecule has 10 heteroatoms. The lowest BCUT2D eigenvalue weighted by molar-refractivity contribution is -0.137. The first-order chi connectivity index (χ1) is 16.3. The molecule has 2 aromatic carbocycles. The lowest BCUT2D eigenvalue weighted by atomic mass is 10.2. The molecule has 7 nitrogen and oxygen atoms in total. The van der Waals surface area contributed by atoms with Gasteiger partial charge in [0.1, 0.15) is 11.4 Å². The minimum atomic E-state index is -4.53. The maximum absolute atomic E-state index is 13.0. The molecule has 0 aliphatic rings. The molecular weight excluding hydrogens is 449 g/mol. The summed E-state index contributed by atoms with van der Waals surface area (Å²) in [6.07, 6.45) is -3.08. The zero-order valence-electron chi connectivity index (χ0n) is 17.7. The summed E-state index contributed by atoms with van der Waals surface area (Å²) in [4.78, 5) is 30.7. The molecule has 1 heterocycles. The van der Waals surface area contributed by atoms with Crippen molar-refractivity contribution < 1.29 is 27.5 Å². The van der Waals surface area contributed by atoms with E-state index in [-0.39, 0.29) is 30.0 Å². The van der Waals surface area contributed by atoms with Crippen LogP contribution in [-0.4, -0.2) is 30.0 Å². The van der Waals surface area contributed by atoms with Gasteiger partial charge in [0.2, 0.25) is 0 Å². The molecule has 1 aromatic heterocycles. The zero-order valence-corrected chi connectivity index (χ0v) is 17.7. The first-order valence-corrected chi connectivity index (χ1v) is 10.1. The van der Waals surface area contributed by atoms with Crippen molar-refractivity contribution in [2.24, 2.45) is 0 Å². The Balaban J connectivity index is 1.72. The van der Waals surface area contributed by atoms with Crippen molar-refractivity contribution in [2.45, 2.75) is 12.6 Å². The first kappa shape index (κ1) is 24.3. The Bertz CT molecular complexity index is 1190. The Hall–Kier alpha value is -4.39. The van der Waals surface area contributed by atoms with Crippen LogP contribution in [0.5, 0.6) is 0 Å². The monoisotopic (exact) mass is 468 g/mol. The number of carbonyl (C=O) groups excluding carboxylic acids is 2. The second kappa shape index (κ2) is 11.0. The van der Waals surface area contributed by atoms with Gasteiger partial charge in [0.05, 0.1) is 18.1 Å². The Labute approximate surface area is 193 Å². The van der Waals surface area contributed by atoms with E-state index in [9.17, 15) is 22.8 Å². The number of anilines is 3. The van der Waals surface area contributed by atoms with Crippen molar-refractivity contribution in [3.05, 3.63) is 84.1 Å². The number of para-hydroxylation sites is 1. The molecule has 0 aliphatic heterocycles. The third-order valence-corrected chi connectivity index (χ3v) is 4.62. The zero-order chi connectivity index (χ0) is 24.6. The number of hydrogen-bond donors (Lipinski definition) is 1. The number of nitrogens with one attached hydrogen (secondary N) is 1. The van der Waals surface area contributed by atoms with Crippen LogP contribution >= 0.6 is 0 Å². The molecule has 0 unspecified atom stereocenters. The molecule has 0 spiro atoms. The highest BCUT2D eigenvalue weighted by Crippen LogP contribution is 2.31. The van der Waals surface area contributed by atoms with Gasteiger partial charge in [0.25, 0.3) is 5.91 Å². The minimum absolute atomic E-state index is 0.0244. The number of carbonyl (C=O) groups is 2.